The number of hydroxylamine groups is 2. The first kappa shape index (κ1) is 23.2. The lowest BCUT2D eigenvalue weighted by molar-refractivity contribution is -0.119. The molecule has 0 bridgehead atoms. The quantitative estimate of drug-likeness (QED) is 0.683. The van der Waals surface area contributed by atoms with Crippen molar-refractivity contribution in [3.8, 4) is 0 Å². The number of anilines is 3. The number of urea groups is 1. The van der Waals surface area contributed by atoms with Gasteiger partial charge in [-0.1, -0.05) is 0 Å². The number of hydrogen-bond acceptors (Lipinski definition) is 7. The maximum Gasteiger partial charge on any atom is 0.414 e. The third-order valence-corrected chi connectivity index (χ3v) is 5.38. The van der Waals surface area contributed by atoms with E-state index in [4.69, 9.17) is 9.57 Å². The zero-order valence-corrected chi connectivity index (χ0v) is 18.6. The molecule has 1 aromatic heterocycles. The van der Waals surface area contributed by atoms with Crippen molar-refractivity contribution in [2.24, 2.45) is 0 Å². The van der Waals surface area contributed by atoms with E-state index < -0.39 is 24.0 Å². The molecule has 2 aliphatic rings. The Hall–Kier alpha value is -3.93. The number of cyclic esters (lactones) is 1. The average molecular weight is 472 g/mol. The number of nitrogens with zero attached hydrogens (tertiary/aromatic N) is 4. The minimum absolute atomic E-state index is 0.189. The van der Waals surface area contributed by atoms with Gasteiger partial charge in [-0.05, 0) is 30.3 Å². The Kier molecular flexibility index (Phi) is 7.07. The number of pyridine rings is 1. The van der Waals surface area contributed by atoms with Crippen LogP contribution in [0.2, 0.25) is 0 Å². The zero-order valence-electron chi connectivity index (χ0n) is 18.6. The van der Waals surface area contributed by atoms with Crippen LogP contribution < -0.4 is 20.4 Å². The molecular formula is C22H25FN6O5. The van der Waals surface area contributed by atoms with Crippen LogP contribution in [0.4, 0.5) is 31.0 Å². The summed E-state index contributed by atoms with van der Waals surface area (Å²) in [5.74, 6) is -0.731. The fourth-order valence-corrected chi connectivity index (χ4v) is 3.69. The smallest absolute Gasteiger partial charge is 0.414 e. The first-order valence-electron chi connectivity index (χ1n) is 10.8. The van der Waals surface area contributed by atoms with E-state index in [1.165, 1.54) is 23.0 Å². The highest BCUT2D eigenvalue weighted by molar-refractivity contribution is 5.90. The Morgan fingerprint density at radius 1 is 1.18 bits per heavy atom. The summed E-state index contributed by atoms with van der Waals surface area (Å²) in [6.45, 7) is 2.91. The molecule has 2 aliphatic heterocycles. The molecule has 180 valence electrons. The predicted octanol–water partition coefficient (Wildman–Crippen LogP) is 1.97. The van der Waals surface area contributed by atoms with Crippen LogP contribution in [-0.2, 0) is 14.4 Å². The van der Waals surface area contributed by atoms with E-state index in [2.05, 4.69) is 15.6 Å². The van der Waals surface area contributed by atoms with Gasteiger partial charge in [-0.2, -0.15) is 0 Å². The first-order valence-corrected chi connectivity index (χ1v) is 10.8. The lowest BCUT2D eigenvalue weighted by atomic mass is 10.2. The molecule has 0 unspecified atom stereocenters. The summed E-state index contributed by atoms with van der Waals surface area (Å²) in [7, 11) is 0. The fourth-order valence-electron chi connectivity index (χ4n) is 3.69. The molecule has 0 radical (unpaired) electrons. The van der Waals surface area contributed by atoms with Crippen LogP contribution in [0.25, 0.3) is 0 Å². The Labute approximate surface area is 195 Å². The summed E-state index contributed by atoms with van der Waals surface area (Å²) in [5.41, 5.74) is 1.29. The molecule has 4 amide bonds. The van der Waals surface area contributed by atoms with Crippen molar-refractivity contribution in [1.29, 1.82) is 0 Å². The second-order valence-electron chi connectivity index (χ2n) is 7.78. The number of hydrogen-bond donors (Lipinski definition) is 2. The van der Waals surface area contributed by atoms with Crippen LogP contribution in [0.5, 0.6) is 0 Å². The summed E-state index contributed by atoms with van der Waals surface area (Å²) in [6, 6.07) is 7.40. The summed E-state index contributed by atoms with van der Waals surface area (Å²) in [4.78, 5) is 48.3. The molecule has 34 heavy (non-hydrogen) atoms. The summed E-state index contributed by atoms with van der Waals surface area (Å²) < 4.78 is 20.3. The largest absolute Gasteiger partial charge is 0.442 e. The zero-order chi connectivity index (χ0) is 24.1. The third-order valence-electron chi connectivity index (χ3n) is 5.38. The van der Waals surface area contributed by atoms with Gasteiger partial charge in [0.2, 0.25) is 5.91 Å². The Bertz CT molecular complexity index is 1060. The van der Waals surface area contributed by atoms with Crippen molar-refractivity contribution in [3.05, 3.63) is 48.5 Å². The van der Waals surface area contributed by atoms with Gasteiger partial charge >= 0.3 is 12.1 Å². The highest BCUT2D eigenvalue weighted by Crippen LogP contribution is 2.28. The maximum absolute atomic E-state index is 15.0. The van der Waals surface area contributed by atoms with E-state index >= 15 is 4.39 Å². The summed E-state index contributed by atoms with van der Waals surface area (Å²) in [6.07, 6.45) is 2.03. The van der Waals surface area contributed by atoms with Crippen LogP contribution in [0, 0.1) is 5.82 Å². The van der Waals surface area contributed by atoms with Gasteiger partial charge in [-0.25, -0.2) is 19.0 Å². The summed E-state index contributed by atoms with van der Waals surface area (Å²) in [5, 5.41) is 6.54. The third kappa shape index (κ3) is 5.52. The summed E-state index contributed by atoms with van der Waals surface area (Å²) >= 11 is 0. The molecule has 2 fully saturated rings. The average Bonchev–Trinajstić information content (AvgIpc) is 3.02. The van der Waals surface area contributed by atoms with Gasteiger partial charge in [-0.15, -0.1) is 0 Å². The van der Waals surface area contributed by atoms with Crippen molar-refractivity contribution in [3.63, 3.8) is 0 Å². The molecule has 1 atom stereocenters. The van der Waals surface area contributed by atoms with Gasteiger partial charge in [0.1, 0.15) is 11.9 Å². The van der Waals surface area contributed by atoms with Crippen molar-refractivity contribution in [2.75, 3.05) is 54.4 Å². The Balaban J connectivity index is 1.37. The van der Waals surface area contributed by atoms with Gasteiger partial charge in [0.15, 0.2) is 0 Å². The number of carbonyl (C=O) groups is 3. The highest BCUT2D eigenvalue weighted by Gasteiger charge is 2.33. The van der Waals surface area contributed by atoms with Crippen LogP contribution in [0.15, 0.2) is 42.7 Å². The van der Waals surface area contributed by atoms with E-state index in [9.17, 15) is 14.4 Å². The fraction of sp³-hybridized carbons (Fsp3) is 0.364. The topological polar surface area (TPSA) is 116 Å². The number of benzene rings is 1. The van der Waals surface area contributed by atoms with E-state index in [1.807, 2.05) is 0 Å². The SMILES string of the molecule is CC(=O)NC[C@H]1CN(c2ccc(N3CCON(C(=O)Nc4ccncc4)CC3)c(F)c2)C(=O)O1. The van der Waals surface area contributed by atoms with E-state index in [-0.39, 0.29) is 32.1 Å². The van der Waals surface area contributed by atoms with Crippen molar-refractivity contribution < 1.29 is 28.3 Å². The molecule has 0 aliphatic carbocycles. The lowest BCUT2D eigenvalue weighted by Crippen LogP contribution is -2.37. The van der Waals surface area contributed by atoms with Gasteiger partial charge in [0, 0.05) is 38.1 Å². The second kappa shape index (κ2) is 10.3. The molecule has 0 saturated carbocycles. The number of aromatic nitrogens is 1. The molecule has 0 spiro atoms. The lowest BCUT2D eigenvalue weighted by Gasteiger charge is -2.24. The van der Waals surface area contributed by atoms with Gasteiger partial charge in [-0.3, -0.25) is 19.5 Å². The Morgan fingerprint density at radius 2 is 1.97 bits per heavy atom. The van der Waals surface area contributed by atoms with Gasteiger partial charge < -0.3 is 20.3 Å². The van der Waals surface area contributed by atoms with Crippen molar-refractivity contribution in [2.45, 2.75) is 13.0 Å². The Morgan fingerprint density at radius 3 is 2.71 bits per heavy atom. The minimum atomic E-state index is -0.596. The molecule has 4 rings (SSSR count). The molecule has 2 saturated heterocycles. The minimum Gasteiger partial charge on any atom is -0.442 e. The number of halogens is 1. The second-order valence-corrected chi connectivity index (χ2v) is 7.78. The number of carbonyl (C=O) groups excluding carboxylic acids is 3. The van der Waals surface area contributed by atoms with Crippen LogP contribution in [0.1, 0.15) is 6.92 Å². The molecule has 2 N–H and O–H groups in total. The predicted molar refractivity (Wildman–Crippen MR) is 121 cm³/mol. The molecule has 12 heteroatoms. The van der Waals surface area contributed by atoms with Crippen molar-refractivity contribution >= 4 is 35.1 Å². The van der Waals surface area contributed by atoms with E-state index in [1.54, 1.807) is 41.6 Å². The normalized spacial score (nSPS) is 18.4. The van der Waals surface area contributed by atoms with Crippen LogP contribution in [-0.4, -0.2) is 73.5 Å². The molecular weight excluding hydrogens is 447 g/mol. The molecule has 11 nitrogen and oxygen atoms in total. The maximum atomic E-state index is 15.0. The molecule has 2 aromatic rings. The highest BCUT2D eigenvalue weighted by atomic mass is 19.1. The monoisotopic (exact) mass is 472 g/mol. The first-order chi connectivity index (χ1) is 16.4. The molecule has 3 heterocycles. The van der Waals surface area contributed by atoms with E-state index in [0.717, 1.165) is 0 Å². The number of nitrogens with one attached hydrogen (secondary N) is 2. The number of rotatable bonds is 5. The number of amides is 4. The number of ether oxygens (including phenoxy) is 1. The van der Waals surface area contributed by atoms with Crippen LogP contribution in [0.3, 0.4) is 0 Å². The standard InChI is InChI=1S/C22H25FN6O5/c1-15(30)25-13-18-14-28(22(32)34-18)17-2-3-20(19(23)12-17)27-8-9-29(33-11-10-27)21(31)26-16-4-6-24-7-5-16/h2-7,12,18H,8-11,13-14H2,1H3,(H,25,30)(H,24,26,31)/t18-/m0/s1. The molecule has 1 aromatic carbocycles. The van der Waals surface area contributed by atoms with E-state index in [0.29, 0.717) is 30.2 Å². The van der Waals surface area contributed by atoms with Gasteiger partial charge in [0.05, 0.1) is 37.6 Å². The van der Waals surface area contributed by atoms with Gasteiger partial charge in [0.25, 0.3) is 0 Å². The van der Waals surface area contributed by atoms with Crippen molar-refractivity contribution in [1.82, 2.24) is 15.4 Å². The van der Waals surface area contributed by atoms with Crippen LogP contribution >= 0.6 is 0 Å².